The van der Waals surface area contributed by atoms with Crippen molar-refractivity contribution in [3.63, 3.8) is 0 Å². The average Bonchev–Trinajstić information content (AvgIpc) is 2.69. The van der Waals surface area contributed by atoms with Crippen LogP contribution in [0.2, 0.25) is 0 Å². The molecular weight excluding hydrogens is 340 g/mol. The predicted molar refractivity (Wildman–Crippen MR) is 106 cm³/mol. The monoisotopic (exact) mass is 368 g/mol. The lowest BCUT2D eigenvalue weighted by Gasteiger charge is -2.33. The molecule has 0 aromatic heterocycles. The molecule has 0 spiro atoms. The molecule has 1 N–H and O–H groups in total. The minimum Gasteiger partial charge on any atom is -0.494 e. The summed E-state index contributed by atoms with van der Waals surface area (Å²) in [6, 6.07) is 18.0. The van der Waals surface area contributed by atoms with E-state index in [-0.39, 0.29) is 18.6 Å². The van der Waals surface area contributed by atoms with E-state index in [0.29, 0.717) is 12.4 Å². The highest BCUT2D eigenvalue weighted by molar-refractivity contribution is 5.77. The number of piperidine rings is 1. The molecule has 0 bridgehead atoms. The van der Waals surface area contributed by atoms with Gasteiger partial charge >= 0.3 is 0 Å². The van der Waals surface area contributed by atoms with E-state index >= 15 is 0 Å². The second-order valence-electron chi connectivity index (χ2n) is 6.82. The molecule has 5 heteroatoms. The third kappa shape index (κ3) is 6.29. The van der Waals surface area contributed by atoms with Crippen LogP contribution in [0.25, 0.3) is 0 Å². The summed E-state index contributed by atoms with van der Waals surface area (Å²) >= 11 is 0. The summed E-state index contributed by atoms with van der Waals surface area (Å²) in [4.78, 5) is 14.6. The van der Waals surface area contributed by atoms with Crippen LogP contribution >= 0.6 is 0 Å². The van der Waals surface area contributed by atoms with E-state index in [2.05, 4.69) is 34.5 Å². The van der Waals surface area contributed by atoms with Gasteiger partial charge in [-0.1, -0.05) is 30.3 Å². The Balaban J connectivity index is 1.41. The van der Waals surface area contributed by atoms with E-state index < -0.39 is 0 Å². The van der Waals surface area contributed by atoms with Crippen LogP contribution in [-0.2, 0) is 11.3 Å². The van der Waals surface area contributed by atoms with Crippen molar-refractivity contribution >= 4 is 5.91 Å². The Bertz CT molecular complexity index is 703. The van der Waals surface area contributed by atoms with Crippen LogP contribution in [0.3, 0.4) is 0 Å². The molecule has 2 aromatic carbocycles. The van der Waals surface area contributed by atoms with Crippen molar-refractivity contribution in [3.05, 3.63) is 60.2 Å². The number of likely N-dealkylation sites (tertiary alicyclic amines) is 1. The molecule has 27 heavy (non-hydrogen) atoms. The summed E-state index contributed by atoms with van der Waals surface area (Å²) in [5, 5.41) is 3.11. The first-order valence-corrected chi connectivity index (χ1v) is 9.64. The van der Waals surface area contributed by atoms with Crippen molar-refractivity contribution in [2.24, 2.45) is 0 Å². The zero-order valence-corrected chi connectivity index (χ0v) is 15.9. The molecule has 1 heterocycles. The number of ether oxygens (including phenoxy) is 2. The van der Waals surface area contributed by atoms with Gasteiger partial charge < -0.3 is 14.8 Å². The largest absolute Gasteiger partial charge is 0.494 e. The first-order valence-electron chi connectivity index (χ1n) is 9.64. The maximum atomic E-state index is 12.2. The normalized spacial score (nSPS) is 17.3. The van der Waals surface area contributed by atoms with Gasteiger partial charge in [-0.05, 0) is 56.1 Å². The fourth-order valence-corrected chi connectivity index (χ4v) is 3.38. The number of amides is 1. The van der Waals surface area contributed by atoms with Crippen molar-refractivity contribution in [3.8, 4) is 11.5 Å². The van der Waals surface area contributed by atoms with Crippen molar-refractivity contribution < 1.29 is 14.3 Å². The van der Waals surface area contributed by atoms with Crippen LogP contribution in [0.5, 0.6) is 11.5 Å². The molecule has 144 valence electrons. The van der Waals surface area contributed by atoms with E-state index in [1.54, 1.807) is 0 Å². The Morgan fingerprint density at radius 3 is 2.48 bits per heavy atom. The number of rotatable bonds is 8. The van der Waals surface area contributed by atoms with Gasteiger partial charge in [0.25, 0.3) is 5.91 Å². The number of hydrogen-bond donors (Lipinski definition) is 1. The highest BCUT2D eigenvalue weighted by Gasteiger charge is 2.21. The minimum absolute atomic E-state index is 0.0309. The van der Waals surface area contributed by atoms with Crippen LogP contribution < -0.4 is 14.8 Å². The second-order valence-corrected chi connectivity index (χ2v) is 6.82. The summed E-state index contributed by atoms with van der Waals surface area (Å²) in [7, 11) is 0. The Labute approximate surface area is 161 Å². The molecule has 1 atom stereocenters. The van der Waals surface area contributed by atoms with E-state index in [1.165, 1.54) is 5.56 Å². The standard InChI is InChI=1S/C22H28N2O3/c1-2-26-20-10-12-21(13-11-20)27-17-22(25)23-19-9-6-14-24(16-19)15-18-7-4-3-5-8-18/h3-5,7-8,10-13,19H,2,6,9,14-17H2,1H3,(H,23,25). The van der Waals surface area contributed by atoms with Crippen LogP contribution in [-0.4, -0.2) is 43.2 Å². The fourth-order valence-electron chi connectivity index (χ4n) is 3.38. The van der Waals surface area contributed by atoms with Crippen LogP contribution in [0, 0.1) is 0 Å². The minimum atomic E-state index is -0.0737. The Hall–Kier alpha value is -2.53. The number of nitrogens with one attached hydrogen (secondary N) is 1. The Morgan fingerprint density at radius 2 is 1.78 bits per heavy atom. The average molecular weight is 368 g/mol. The topological polar surface area (TPSA) is 50.8 Å². The molecule has 5 nitrogen and oxygen atoms in total. The van der Waals surface area contributed by atoms with Crippen LogP contribution in [0.4, 0.5) is 0 Å². The third-order valence-electron chi connectivity index (χ3n) is 4.62. The van der Waals surface area contributed by atoms with Crippen molar-refractivity contribution in [1.82, 2.24) is 10.2 Å². The second kappa shape index (κ2) is 9.97. The molecule has 1 aliphatic heterocycles. The Kier molecular flexibility index (Phi) is 7.11. The molecule has 1 fully saturated rings. The first kappa shape index (κ1) is 19.2. The summed E-state index contributed by atoms with van der Waals surface area (Å²) in [6.07, 6.45) is 2.11. The van der Waals surface area contributed by atoms with Gasteiger partial charge in [-0.3, -0.25) is 9.69 Å². The van der Waals surface area contributed by atoms with Gasteiger partial charge in [0.05, 0.1) is 6.61 Å². The maximum absolute atomic E-state index is 12.2. The molecule has 1 amide bonds. The van der Waals surface area contributed by atoms with Gasteiger partial charge in [0.15, 0.2) is 6.61 Å². The molecule has 3 rings (SSSR count). The number of carbonyl (C=O) groups excluding carboxylic acids is 1. The molecule has 1 saturated heterocycles. The highest BCUT2D eigenvalue weighted by atomic mass is 16.5. The maximum Gasteiger partial charge on any atom is 0.258 e. The number of hydrogen-bond acceptors (Lipinski definition) is 4. The van der Waals surface area contributed by atoms with Crippen LogP contribution in [0.15, 0.2) is 54.6 Å². The SMILES string of the molecule is CCOc1ccc(OCC(=O)NC2CCCN(Cc3ccccc3)C2)cc1. The lowest BCUT2D eigenvalue weighted by molar-refractivity contribution is -0.124. The summed E-state index contributed by atoms with van der Waals surface area (Å²) < 4.78 is 11.0. The van der Waals surface area contributed by atoms with Crippen molar-refractivity contribution in [2.75, 3.05) is 26.3 Å². The summed E-state index contributed by atoms with van der Waals surface area (Å²) in [6.45, 7) is 5.49. The summed E-state index contributed by atoms with van der Waals surface area (Å²) in [5.74, 6) is 1.40. The lowest BCUT2D eigenvalue weighted by Crippen LogP contribution is -2.48. The van der Waals surface area contributed by atoms with Gasteiger partial charge in [-0.2, -0.15) is 0 Å². The van der Waals surface area contributed by atoms with Crippen molar-refractivity contribution in [1.29, 1.82) is 0 Å². The van der Waals surface area contributed by atoms with Crippen LogP contribution in [0.1, 0.15) is 25.3 Å². The smallest absolute Gasteiger partial charge is 0.258 e. The number of benzene rings is 2. The number of carbonyl (C=O) groups is 1. The first-order chi connectivity index (χ1) is 13.2. The molecule has 1 aliphatic rings. The molecule has 0 saturated carbocycles. The Morgan fingerprint density at radius 1 is 1.07 bits per heavy atom. The van der Waals surface area contributed by atoms with Gasteiger partial charge in [-0.25, -0.2) is 0 Å². The van der Waals surface area contributed by atoms with E-state index in [4.69, 9.17) is 9.47 Å². The third-order valence-corrected chi connectivity index (χ3v) is 4.62. The van der Waals surface area contributed by atoms with E-state index in [0.717, 1.165) is 38.2 Å². The molecular formula is C22H28N2O3. The molecule has 1 unspecified atom stereocenters. The van der Waals surface area contributed by atoms with Gasteiger partial charge in [0.1, 0.15) is 11.5 Å². The zero-order valence-electron chi connectivity index (χ0n) is 15.9. The molecule has 2 aromatic rings. The van der Waals surface area contributed by atoms with E-state index in [9.17, 15) is 4.79 Å². The molecule has 0 radical (unpaired) electrons. The zero-order chi connectivity index (χ0) is 18.9. The lowest BCUT2D eigenvalue weighted by atomic mass is 10.0. The van der Waals surface area contributed by atoms with Gasteiger partial charge in [0.2, 0.25) is 0 Å². The summed E-state index contributed by atoms with van der Waals surface area (Å²) in [5.41, 5.74) is 1.31. The van der Waals surface area contributed by atoms with Gasteiger partial charge in [0, 0.05) is 19.1 Å². The quantitative estimate of drug-likeness (QED) is 0.777. The van der Waals surface area contributed by atoms with E-state index in [1.807, 2.05) is 37.3 Å². The van der Waals surface area contributed by atoms with Crippen molar-refractivity contribution in [2.45, 2.75) is 32.4 Å². The van der Waals surface area contributed by atoms with Gasteiger partial charge in [-0.15, -0.1) is 0 Å². The highest BCUT2D eigenvalue weighted by Crippen LogP contribution is 2.17. The predicted octanol–water partition coefficient (Wildman–Crippen LogP) is 3.24. The molecule has 0 aliphatic carbocycles. The fraction of sp³-hybridized carbons (Fsp3) is 0.409. The number of nitrogens with zero attached hydrogens (tertiary/aromatic N) is 1.